The molecule has 1 heterocycles. The normalized spacial score (nSPS) is 12.1. The van der Waals surface area contributed by atoms with Gasteiger partial charge in [0.1, 0.15) is 11.6 Å². The van der Waals surface area contributed by atoms with Gasteiger partial charge in [-0.25, -0.2) is 13.6 Å². The summed E-state index contributed by atoms with van der Waals surface area (Å²) in [6.07, 6.45) is 0. The van der Waals surface area contributed by atoms with Gasteiger partial charge in [-0.3, -0.25) is 14.2 Å². The third-order valence-electron chi connectivity index (χ3n) is 4.04. The van der Waals surface area contributed by atoms with Crippen molar-refractivity contribution in [2.24, 2.45) is 0 Å². The molecule has 6 nitrogen and oxygen atoms in total. The number of nitrogens with one attached hydrogen (secondary N) is 2. The van der Waals surface area contributed by atoms with Crippen LogP contribution in [0.1, 0.15) is 18.5 Å². The van der Waals surface area contributed by atoms with Crippen LogP contribution >= 0.6 is 11.6 Å². The molecule has 2 aromatic carbocycles. The average Bonchev–Trinajstić information content (AvgIpc) is 2.57. The Bertz CT molecular complexity index is 1160. The van der Waals surface area contributed by atoms with Crippen molar-refractivity contribution in [2.45, 2.75) is 19.5 Å². The standard InChI is InChI=1S/C18H14ClF2N3O3/c1-9(25)22-15(11-6-5-10(20)7-13(11)21)8-24-17(26)16-12(19)3-2-4-14(16)23-18(24)27/h2-7,15H,8H2,1H3,(H,22,25)(H,23,27)/t15-/m1/s1. The number of aromatic amines is 1. The monoisotopic (exact) mass is 393 g/mol. The largest absolute Gasteiger partial charge is 0.348 e. The lowest BCUT2D eigenvalue weighted by molar-refractivity contribution is -0.119. The molecule has 3 rings (SSSR count). The SMILES string of the molecule is CC(=O)N[C@H](Cn1c(=O)[nH]c2cccc(Cl)c2c1=O)c1ccc(F)cc1F. The Labute approximate surface area is 156 Å². The first kappa shape index (κ1) is 18.8. The zero-order valence-electron chi connectivity index (χ0n) is 14.1. The van der Waals surface area contributed by atoms with Gasteiger partial charge in [-0.1, -0.05) is 23.7 Å². The van der Waals surface area contributed by atoms with Crippen molar-refractivity contribution < 1.29 is 13.6 Å². The number of nitrogens with zero attached hydrogens (tertiary/aromatic N) is 1. The number of fused-ring (bicyclic) bond motifs is 1. The number of amides is 1. The fourth-order valence-electron chi connectivity index (χ4n) is 2.86. The number of carbonyl (C=O) groups is 1. The molecule has 0 saturated carbocycles. The van der Waals surface area contributed by atoms with Crippen LogP contribution in [0, 0.1) is 11.6 Å². The van der Waals surface area contributed by atoms with Crippen molar-refractivity contribution in [1.82, 2.24) is 14.9 Å². The molecule has 140 valence electrons. The molecule has 0 unspecified atom stereocenters. The van der Waals surface area contributed by atoms with E-state index < -0.39 is 34.8 Å². The van der Waals surface area contributed by atoms with E-state index in [1.54, 1.807) is 6.07 Å². The molecular formula is C18H14ClF2N3O3. The van der Waals surface area contributed by atoms with Crippen LogP contribution in [0.4, 0.5) is 8.78 Å². The first-order valence-corrected chi connectivity index (χ1v) is 8.29. The van der Waals surface area contributed by atoms with E-state index in [-0.39, 0.29) is 28.0 Å². The highest BCUT2D eigenvalue weighted by Gasteiger charge is 2.21. The lowest BCUT2D eigenvalue weighted by atomic mass is 10.1. The maximum Gasteiger partial charge on any atom is 0.328 e. The van der Waals surface area contributed by atoms with Gasteiger partial charge in [0.05, 0.1) is 28.5 Å². The summed E-state index contributed by atoms with van der Waals surface area (Å²) in [6, 6.07) is 6.38. The van der Waals surface area contributed by atoms with Crippen LogP contribution in [-0.4, -0.2) is 15.5 Å². The Kier molecular flexibility index (Phi) is 5.09. The van der Waals surface area contributed by atoms with Crippen molar-refractivity contribution >= 4 is 28.4 Å². The molecule has 0 bridgehead atoms. The Hall–Kier alpha value is -3.00. The van der Waals surface area contributed by atoms with Gasteiger partial charge in [0.15, 0.2) is 0 Å². The van der Waals surface area contributed by atoms with Crippen molar-refractivity contribution in [1.29, 1.82) is 0 Å². The Morgan fingerprint density at radius 2 is 2.00 bits per heavy atom. The van der Waals surface area contributed by atoms with Crippen molar-refractivity contribution in [3.8, 4) is 0 Å². The van der Waals surface area contributed by atoms with E-state index in [9.17, 15) is 23.2 Å². The summed E-state index contributed by atoms with van der Waals surface area (Å²) in [7, 11) is 0. The van der Waals surface area contributed by atoms with Crippen LogP contribution < -0.4 is 16.6 Å². The van der Waals surface area contributed by atoms with E-state index in [0.717, 1.165) is 16.7 Å². The molecule has 0 aliphatic rings. The van der Waals surface area contributed by atoms with Crippen molar-refractivity contribution in [3.63, 3.8) is 0 Å². The maximum absolute atomic E-state index is 14.2. The fourth-order valence-corrected chi connectivity index (χ4v) is 3.11. The van der Waals surface area contributed by atoms with E-state index in [0.29, 0.717) is 6.07 Å². The highest BCUT2D eigenvalue weighted by Crippen LogP contribution is 2.21. The molecule has 0 spiro atoms. The lowest BCUT2D eigenvalue weighted by Crippen LogP contribution is -2.40. The molecule has 0 aliphatic heterocycles. The van der Waals surface area contributed by atoms with E-state index in [4.69, 9.17) is 11.6 Å². The minimum atomic E-state index is -1.07. The van der Waals surface area contributed by atoms with Crippen LogP contribution in [0.3, 0.4) is 0 Å². The van der Waals surface area contributed by atoms with Gasteiger partial charge in [-0.15, -0.1) is 0 Å². The number of aromatic nitrogens is 2. The minimum Gasteiger partial charge on any atom is -0.348 e. The fraction of sp³-hybridized carbons (Fsp3) is 0.167. The predicted molar refractivity (Wildman–Crippen MR) is 96.8 cm³/mol. The van der Waals surface area contributed by atoms with Crippen LogP contribution in [0.25, 0.3) is 10.9 Å². The Balaban J connectivity index is 2.14. The van der Waals surface area contributed by atoms with Gasteiger partial charge >= 0.3 is 5.69 Å². The summed E-state index contributed by atoms with van der Waals surface area (Å²) in [5, 5.41) is 2.72. The van der Waals surface area contributed by atoms with Gasteiger partial charge in [-0.2, -0.15) is 0 Å². The van der Waals surface area contributed by atoms with Gasteiger partial charge in [0, 0.05) is 18.6 Å². The molecule has 1 amide bonds. The highest BCUT2D eigenvalue weighted by molar-refractivity contribution is 6.35. The lowest BCUT2D eigenvalue weighted by Gasteiger charge is -2.20. The number of hydrogen-bond donors (Lipinski definition) is 2. The zero-order valence-corrected chi connectivity index (χ0v) is 14.8. The van der Waals surface area contributed by atoms with Crippen LogP contribution in [0.5, 0.6) is 0 Å². The van der Waals surface area contributed by atoms with E-state index in [2.05, 4.69) is 10.3 Å². The molecule has 0 fully saturated rings. The highest BCUT2D eigenvalue weighted by atomic mass is 35.5. The molecule has 0 radical (unpaired) electrons. The molecule has 1 aromatic heterocycles. The zero-order chi connectivity index (χ0) is 19.7. The average molecular weight is 394 g/mol. The molecule has 1 atom stereocenters. The second kappa shape index (κ2) is 7.32. The Morgan fingerprint density at radius 3 is 2.67 bits per heavy atom. The summed E-state index contributed by atoms with van der Waals surface area (Å²) in [6.45, 7) is 0.843. The summed E-state index contributed by atoms with van der Waals surface area (Å²) in [5.41, 5.74) is -1.22. The predicted octanol–water partition coefficient (Wildman–Crippen LogP) is 2.50. The second-order valence-electron chi connectivity index (χ2n) is 5.93. The Morgan fingerprint density at radius 1 is 1.26 bits per heavy atom. The van der Waals surface area contributed by atoms with Crippen LogP contribution in [-0.2, 0) is 11.3 Å². The van der Waals surface area contributed by atoms with E-state index in [1.807, 2.05) is 0 Å². The molecule has 27 heavy (non-hydrogen) atoms. The third kappa shape index (κ3) is 3.75. The number of benzene rings is 2. The maximum atomic E-state index is 14.2. The van der Waals surface area contributed by atoms with Gasteiger partial charge in [0.25, 0.3) is 5.56 Å². The summed E-state index contributed by atoms with van der Waals surface area (Å²) in [5.74, 6) is -2.20. The smallest absolute Gasteiger partial charge is 0.328 e. The molecule has 3 aromatic rings. The molecule has 9 heteroatoms. The number of halogens is 3. The first-order valence-electron chi connectivity index (χ1n) is 7.91. The minimum absolute atomic E-state index is 0.0582. The number of hydrogen-bond acceptors (Lipinski definition) is 3. The quantitative estimate of drug-likeness (QED) is 0.714. The van der Waals surface area contributed by atoms with Crippen LogP contribution in [0.15, 0.2) is 46.0 Å². The molecule has 0 saturated heterocycles. The summed E-state index contributed by atoms with van der Waals surface area (Å²) in [4.78, 5) is 39.2. The molecule has 2 N–H and O–H groups in total. The summed E-state index contributed by atoms with van der Waals surface area (Å²) >= 11 is 6.06. The van der Waals surface area contributed by atoms with Gasteiger partial charge in [-0.05, 0) is 18.2 Å². The van der Waals surface area contributed by atoms with E-state index in [1.165, 1.54) is 19.1 Å². The molecule has 0 aliphatic carbocycles. The van der Waals surface area contributed by atoms with Crippen molar-refractivity contribution in [2.75, 3.05) is 0 Å². The van der Waals surface area contributed by atoms with Gasteiger partial charge in [0.2, 0.25) is 5.91 Å². The topological polar surface area (TPSA) is 84.0 Å². The number of rotatable bonds is 4. The van der Waals surface area contributed by atoms with Gasteiger partial charge < -0.3 is 10.3 Å². The number of carbonyl (C=O) groups excluding carboxylic acids is 1. The summed E-state index contributed by atoms with van der Waals surface area (Å²) < 4.78 is 28.2. The van der Waals surface area contributed by atoms with Crippen LogP contribution in [0.2, 0.25) is 5.02 Å². The first-order chi connectivity index (χ1) is 12.8. The molecular weight excluding hydrogens is 380 g/mol. The van der Waals surface area contributed by atoms with E-state index >= 15 is 0 Å². The van der Waals surface area contributed by atoms with Crippen molar-refractivity contribution in [3.05, 3.63) is 79.5 Å². The third-order valence-corrected chi connectivity index (χ3v) is 4.35. The number of H-pyrrole nitrogens is 1. The second-order valence-corrected chi connectivity index (χ2v) is 6.33.